The number of halogens is 1. The van der Waals surface area contributed by atoms with E-state index in [1.807, 2.05) is 26.0 Å². The molecule has 3 rings (SSSR count). The number of aromatic nitrogens is 1. The zero-order valence-electron chi connectivity index (χ0n) is 13.7. The predicted octanol–water partition coefficient (Wildman–Crippen LogP) is 4.57. The number of hydrogen-bond acceptors (Lipinski definition) is 3. The van der Waals surface area contributed by atoms with Crippen LogP contribution in [0.5, 0.6) is 0 Å². The van der Waals surface area contributed by atoms with Gasteiger partial charge in [-0.25, -0.2) is 17.8 Å². The van der Waals surface area contributed by atoms with Crippen LogP contribution in [-0.2, 0) is 9.84 Å². The Morgan fingerprint density at radius 1 is 1.04 bits per heavy atom. The molecule has 5 heteroatoms. The van der Waals surface area contributed by atoms with Crippen molar-refractivity contribution in [3.8, 4) is 11.3 Å². The van der Waals surface area contributed by atoms with Crippen LogP contribution >= 0.6 is 0 Å². The van der Waals surface area contributed by atoms with Gasteiger partial charge in [0.15, 0.2) is 9.84 Å². The van der Waals surface area contributed by atoms with E-state index in [9.17, 15) is 12.8 Å². The Hall–Kier alpha value is -2.27. The maximum absolute atomic E-state index is 14.2. The topological polar surface area (TPSA) is 47.0 Å². The number of hydrogen-bond donors (Lipinski definition) is 0. The van der Waals surface area contributed by atoms with E-state index < -0.39 is 15.7 Å². The lowest BCUT2D eigenvalue weighted by molar-refractivity contribution is 0.602. The zero-order chi connectivity index (χ0) is 17.5. The fourth-order valence-corrected chi connectivity index (χ4v) is 3.71. The van der Waals surface area contributed by atoms with Crippen LogP contribution < -0.4 is 0 Å². The number of sulfone groups is 1. The molecule has 1 heterocycles. The van der Waals surface area contributed by atoms with E-state index in [0.717, 1.165) is 5.56 Å². The molecule has 0 fully saturated rings. The molecule has 0 aliphatic heterocycles. The molecule has 3 nitrogen and oxygen atoms in total. The molecular weight excluding hydrogens is 325 g/mol. The lowest BCUT2D eigenvalue weighted by Gasteiger charge is -2.16. The Morgan fingerprint density at radius 2 is 1.75 bits per heavy atom. The second-order valence-corrected chi connectivity index (χ2v) is 8.14. The molecule has 1 aromatic heterocycles. The van der Waals surface area contributed by atoms with Crippen molar-refractivity contribution in [1.29, 1.82) is 0 Å². The van der Waals surface area contributed by atoms with Gasteiger partial charge in [0, 0.05) is 17.2 Å². The molecule has 0 radical (unpaired) electrons. The van der Waals surface area contributed by atoms with E-state index in [4.69, 9.17) is 0 Å². The lowest BCUT2D eigenvalue weighted by Crippen LogP contribution is -2.04. The third-order valence-corrected chi connectivity index (χ3v) is 5.14. The third-order valence-electron chi connectivity index (χ3n) is 3.99. The molecule has 0 aliphatic rings. The average molecular weight is 343 g/mol. The average Bonchev–Trinajstić information content (AvgIpc) is 2.53. The van der Waals surface area contributed by atoms with Gasteiger partial charge in [0.1, 0.15) is 11.3 Å². The SMILES string of the molecule is CC(C)c1cc2cccc(F)c2nc1-c1ccccc1S(C)(=O)=O. The molecule has 0 amide bonds. The van der Waals surface area contributed by atoms with Crippen LogP contribution in [-0.4, -0.2) is 19.7 Å². The highest BCUT2D eigenvalue weighted by Crippen LogP contribution is 2.34. The minimum Gasteiger partial charge on any atom is -0.244 e. The van der Waals surface area contributed by atoms with Crippen molar-refractivity contribution in [2.45, 2.75) is 24.7 Å². The quantitative estimate of drug-likeness (QED) is 0.700. The highest BCUT2D eigenvalue weighted by molar-refractivity contribution is 7.90. The summed E-state index contributed by atoms with van der Waals surface area (Å²) in [6.07, 6.45) is 1.17. The van der Waals surface area contributed by atoms with Gasteiger partial charge in [0.05, 0.1) is 10.6 Å². The van der Waals surface area contributed by atoms with Gasteiger partial charge < -0.3 is 0 Å². The molecule has 0 aliphatic carbocycles. The van der Waals surface area contributed by atoms with Crippen molar-refractivity contribution in [2.75, 3.05) is 6.26 Å². The fourth-order valence-electron chi connectivity index (χ4n) is 2.82. The molecule has 2 aromatic carbocycles. The van der Waals surface area contributed by atoms with Gasteiger partial charge in [-0.1, -0.05) is 44.2 Å². The van der Waals surface area contributed by atoms with Gasteiger partial charge in [0.2, 0.25) is 0 Å². The second-order valence-electron chi connectivity index (χ2n) is 6.16. The molecule has 0 bridgehead atoms. The first kappa shape index (κ1) is 16.6. The van der Waals surface area contributed by atoms with Crippen molar-refractivity contribution in [1.82, 2.24) is 4.98 Å². The van der Waals surface area contributed by atoms with E-state index in [1.165, 1.54) is 12.3 Å². The summed E-state index contributed by atoms with van der Waals surface area (Å²) in [7, 11) is -3.42. The first-order valence-electron chi connectivity index (χ1n) is 7.67. The van der Waals surface area contributed by atoms with Gasteiger partial charge in [-0.3, -0.25) is 0 Å². The summed E-state index contributed by atoms with van der Waals surface area (Å²) in [5, 5.41) is 0.708. The van der Waals surface area contributed by atoms with Crippen LogP contribution in [0.15, 0.2) is 53.4 Å². The van der Waals surface area contributed by atoms with Crippen molar-refractivity contribution < 1.29 is 12.8 Å². The molecular formula is C19H18FNO2S. The highest BCUT2D eigenvalue weighted by atomic mass is 32.2. The van der Waals surface area contributed by atoms with Crippen LogP contribution in [0.25, 0.3) is 22.2 Å². The highest BCUT2D eigenvalue weighted by Gasteiger charge is 2.20. The second kappa shape index (κ2) is 5.98. The smallest absolute Gasteiger partial charge is 0.176 e. The summed E-state index contributed by atoms with van der Waals surface area (Å²) in [5.41, 5.74) is 2.17. The first-order valence-corrected chi connectivity index (χ1v) is 9.57. The number of para-hydroxylation sites is 1. The van der Waals surface area contributed by atoms with E-state index in [2.05, 4.69) is 4.98 Å². The first-order chi connectivity index (χ1) is 11.3. The Bertz CT molecular complexity index is 1030. The van der Waals surface area contributed by atoms with Crippen molar-refractivity contribution >= 4 is 20.7 Å². The van der Waals surface area contributed by atoms with Crippen molar-refractivity contribution in [3.05, 3.63) is 59.9 Å². The molecule has 24 heavy (non-hydrogen) atoms. The zero-order valence-corrected chi connectivity index (χ0v) is 14.6. The Kier molecular flexibility index (Phi) is 4.13. The Labute approximate surface area is 141 Å². The fraction of sp³-hybridized carbons (Fsp3) is 0.211. The largest absolute Gasteiger partial charge is 0.244 e. The number of fused-ring (bicyclic) bond motifs is 1. The lowest BCUT2D eigenvalue weighted by atomic mass is 9.95. The molecule has 3 aromatic rings. The summed E-state index contributed by atoms with van der Waals surface area (Å²) in [6, 6.07) is 13.4. The van der Waals surface area contributed by atoms with Gasteiger partial charge in [-0.15, -0.1) is 0 Å². The van der Waals surface area contributed by atoms with Crippen LogP contribution in [0.2, 0.25) is 0 Å². The summed E-state index contributed by atoms with van der Waals surface area (Å²) in [6.45, 7) is 4.02. The monoisotopic (exact) mass is 343 g/mol. The van der Waals surface area contributed by atoms with Crippen molar-refractivity contribution in [2.24, 2.45) is 0 Å². The Balaban J connectivity index is 2.42. The summed E-state index contributed by atoms with van der Waals surface area (Å²) < 4.78 is 38.4. The van der Waals surface area contributed by atoms with Gasteiger partial charge in [0.25, 0.3) is 0 Å². The van der Waals surface area contributed by atoms with E-state index >= 15 is 0 Å². The summed E-state index contributed by atoms with van der Waals surface area (Å²) >= 11 is 0. The maximum Gasteiger partial charge on any atom is 0.176 e. The van der Waals surface area contributed by atoms with Crippen LogP contribution in [0, 0.1) is 5.82 Å². The minimum atomic E-state index is -3.42. The van der Waals surface area contributed by atoms with Crippen LogP contribution in [0.4, 0.5) is 4.39 Å². The van der Waals surface area contributed by atoms with Gasteiger partial charge in [-0.2, -0.15) is 0 Å². The minimum absolute atomic E-state index is 0.118. The Morgan fingerprint density at radius 3 is 2.42 bits per heavy atom. The van der Waals surface area contributed by atoms with E-state index in [0.29, 0.717) is 16.6 Å². The molecule has 0 N–H and O–H groups in total. The van der Waals surface area contributed by atoms with Gasteiger partial charge >= 0.3 is 0 Å². The van der Waals surface area contributed by atoms with Gasteiger partial charge in [-0.05, 0) is 29.7 Å². The van der Waals surface area contributed by atoms with E-state index in [-0.39, 0.29) is 16.3 Å². The molecule has 124 valence electrons. The normalized spacial score (nSPS) is 12.0. The predicted molar refractivity (Wildman–Crippen MR) is 94.3 cm³/mol. The number of nitrogens with zero attached hydrogens (tertiary/aromatic N) is 1. The molecule has 0 atom stereocenters. The standard InChI is InChI=1S/C19H18FNO2S/c1-12(2)15-11-13-7-6-9-16(20)18(13)21-19(15)14-8-4-5-10-17(14)24(3,22)23/h4-12H,1-3H3. The summed E-state index contributed by atoms with van der Waals surface area (Å²) in [4.78, 5) is 4.70. The molecule has 0 saturated carbocycles. The van der Waals surface area contributed by atoms with E-state index in [1.54, 1.807) is 30.3 Å². The molecule has 0 unspecified atom stereocenters. The molecule has 0 saturated heterocycles. The number of pyridine rings is 1. The van der Waals surface area contributed by atoms with Crippen LogP contribution in [0.3, 0.4) is 0 Å². The summed E-state index contributed by atoms with van der Waals surface area (Å²) in [5.74, 6) is -0.298. The van der Waals surface area contributed by atoms with Crippen molar-refractivity contribution in [3.63, 3.8) is 0 Å². The maximum atomic E-state index is 14.2. The third kappa shape index (κ3) is 2.91. The van der Waals surface area contributed by atoms with Crippen LogP contribution in [0.1, 0.15) is 25.3 Å². The number of rotatable bonds is 3. The molecule has 0 spiro atoms. The number of benzene rings is 2.